The number of nitrogens with one attached hydrogen (secondary N) is 2. The molecule has 0 spiro atoms. The quantitative estimate of drug-likeness (QED) is 0.650. The van der Waals surface area contributed by atoms with Crippen molar-refractivity contribution in [3.63, 3.8) is 0 Å². The number of hydrogen-bond donors (Lipinski definition) is 2. The Morgan fingerprint density at radius 3 is 2.58 bits per heavy atom. The Labute approximate surface area is 73.9 Å². The zero-order valence-corrected chi connectivity index (χ0v) is 7.89. The summed E-state index contributed by atoms with van der Waals surface area (Å²) in [6, 6.07) is 0.851. The third kappa shape index (κ3) is 3.22. The first-order valence-electron chi connectivity index (χ1n) is 4.71. The van der Waals surface area contributed by atoms with Crippen LogP contribution < -0.4 is 10.6 Å². The molecule has 1 aliphatic carbocycles. The fourth-order valence-electron chi connectivity index (χ4n) is 1.22. The summed E-state index contributed by atoms with van der Waals surface area (Å²) < 4.78 is 0. The Hall–Kier alpha value is -0.570. The van der Waals surface area contributed by atoms with Gasteiger partial charge in [0.2, 0.25) is 5.91 Å². The van der Waals surface area contributed by atoms with Crippen molar-refractivity contribution in [1.82, 2.24) is 10.6 Å². The molecule has 1 saturated carbocycles. The Morgan fingerprint density at radius 1 is 1.50 bits per heavy atom. The molecule has 1 amide bonds. The predicted molar refractivity (Wildman–Crippen MR) is 48.9 cm³/mol. The minimum Gasteiger partial charge on any atom is -0.353 e. The molecule has 0 saturated heterocycles. The van der Waals surface area contributed by atoms with Crippen LogP contribution >= 0.6 is 0 Å². The minimum absolute atomic E-state index is 0.108. The van der Waals surface area contributed by atoms with Crippen molar-refractivity contribution in [2.75, 3.05) is 6.54 Å². The summed E-state index contributed by atoms with van der Waals surface area (Å²) in [6.07, 6.45) is 3.77. The largest absolute Gasteiger partial charge is 0.353 e. The lowest BCUT2D eigenvalue weighted by molar-refractivity contribution is -0.120. The van der Waals surface area contributed by atoms with Gasteiger partial charge in [-0.05, 0) is 26.7 Å². The second-order valence-electron chi connectivity index (χ2n) is 3.73. The average Bonchev–Trinajstić information content (AvgIpc) is 1.81. The van der Waals surface area contributed by atoms with Crippen molar-refractivity contribution in [3.05, 3.63) is 0 Å². The Bertz CT molecular complexity index is 153. The summed E-state index contributed by atoms with van der Waals surface area (Å²) in [5.74, 6) is 0.108. The lowest BCUT2D eigenvalue weighted by Gasteiger charge is -2.26. The van der Waals surface area contributed by atoms with Gasteiger partial charge in [-0.3, -0.25) is 4.79 Å². The van der Waals surface area contributed by atoms with Gasteiger partial charge in [0.15, 0.2) is 0 Å². The lowest BCUT2D eigenvalue weighted by atomic mass is 9.93. The third-order valence-corrected chi connectivity index (χ3v) is 2.11. The SMILES string of the molecule is CC(C)NC(=O)CNC1CCC1. The van der Waals surface area contributed by atoms with Crippen molar-refractivity contribution in [1.29, 1.82) is 0 Å². The van der Waals surface area contributed by atoms with Crippen LogP contribution in [-0.2, 0) is 4.79 Å². The molecular weight excluding hydrogens is 152 g/mol. The van der Waals surface area contributed by atoms with Crippen LogP contribution in [0.1, 0.15) is 33.1 Å². The first-order valence-corrected chi connectivity index (χ1v) is 4.71. The summed E-state index contributed by atoms with van der Waals surface area (Å²) in [7, 11) is 0. The molecule has 0 bridgehead atoms. The topological polar surface area (TPSA) is 41.1 Å². The van der Waals surface area contributed by atoms with Gasteiger partial charge in [-0.1, -0.05) is 6.42 Å². The van der Waals surface area contributed by atoms with Crippen LogP contribution in [0.3, 0.4) is 0 Å². The van der Waals surface area contributed by atoms with Gasteiger partial charge in [0.05, 0.1) is 6.54 Å². The average molecular weight is 170 g/mol. The molecule has 70 valence electrons. The van der Waals surface area contributed by atoms with Gasteiger partial charge in [-0.15, -0.1) is 0 Å². The number of hydrogen-bond acceptors (Lipinski definition) is 2. The Balaban J connectivity index is 2.01. The van der Waals surface area contributed by atoms with Crippen molar-refractivity contribution in [2.24, 2.45) is 0 Å². The van der Waals surface area contributed by atoms with E-state index in [9.17, 15) is 4.79 Å². The smallest absolute Gasteiger partial charge is 0.234 e. The van der Waals surface area contributed by atoms with E-state index in [1.165, 1.54) is 19.3 Å². The van der Waals surface area contributed by atoms with Gasteiger partial charge >= 0.3 is 0 Å². The summed E-state index contributed by atoms with van der Waals surface area (Å²) in [5.41, 5.74) is 0. The molecule has 0 unspecified atom stereocenters. The van der Waals surface area contributed by atoms with Crippen LogP contribution in [0.25, 0.3) is 0 Å². The summed E-state index contributed by atoms with van der Waals surface area (Å²) in [6.45, 7) is 4.42. The van der Waals surface area contributed by atoms with Gasteiger partial charge in [0.1, 0.15) is 0 Å². The van der Waals surface area contributed by atoms with Crippen LogP contribution in [0.2, 0.25) is 0 Å². The molecule has 0 aromatic heterocycles. The molecule has 12 heavy (non-hydrogen) atoms. The van der Waals surface area contributed by atoms with E-state index in [4.69, 9.17) is 0 Å². The first-order chi connectivity index (χ1) is 5.68. The molecular formula is C9H18N2O. The molecule has 2 N–H and O–H groups in total. The highest BCUT2D eigenvalue weighted by Gasteiger charge is 2.17. The maximum atomic E-state index is 11.1. The highest BCUT2D eigenvalue weighted by molar-refractivity contribution is 5.78. The summed E-state index contributed by atoms with van der Waals surface area (Å²) in [4.78, 5) is 11.1. The van der Waals surface area contributed by atoms with Gasteiger partial charge < -0.3 is 10.6 Å². The molecule has 1 rings (SSSR count). The Kier molecular flexibility index (Phi) is 3.53. The normalized spacial score (nSPS) is 17.6. The number of rotatable bonds is 4. The molecule has 0 aromatic carbocycles. The minimum atomic E-state index is 0.108. The van der Waals surface area contributed by atoms with E-state index in [0.29, 0.717) is 12.6 Å². The van der Waals surface area contributed by atoms with Crippen LogP contribution in [0.15, 0.2) is 0 Å². The standard InChI is InChI=1S/C9H18N2O/c1-7(2)11-9(12)6-10-8-4-3-5-8/h7-8,10H,3-6H2,1-2H3,(H,11,12). The second-order valence-corrected chi connectivity index (χ2v) is 3.73. The van der Waals surface area contributed by atoms with E-state index >= 15 is 0 Å². The van der Waals surface area contributed by atoms with Crippen LogP contribution in [0, 0.1) is 0 Å². The maximum Gasteiger partial charge on any atom is 0.234 e. The molecule has 1 fully saturated rings. The van der Waals surface area contributed by atoms with E-state index in [1.54, 1.807) is 0 Å². The van der Waals surface area contributed by atoms with E-state index < -0.39 is 0 Å². The molecule has 0 heterocycles. The number of carbonyl (C=O) groups is 1. The summed E-state index contributed by atoms with van der Waals surface area (Å²) in [5, 5.41) is 6.06. The number of amides is 1. The molecule has 3 nitrogen and oxygen atoms in total. The van der Waals surface area contributed by atoms with Gasteiger partial charge in [-0.25, -0.2) is 0 Å². The highest BCUT2D eigenvalue weighted by atomic mass is 16.1. The van der Waals surface area contributed by atoms with Crippen LogP contribution in [0.4, 0.5) is 0 Å². The zero-order chi connectivity index (χ0) is 8.97. The van der Waals surface area contributed by atoms with E-state index in [0.717, 1.165) is 0 Å². The van der Waals surface area contributed by atoms with Gasteiger partial charge in [0.25, 0.3) is 0 Å². The Morgan fingerprint density at radius 2 is 2.17 bits per heavy atom. The van der Waals surface area contributed by atoms with Crippen molar-refractivity contribution >= 4 is 5.91 Å². The third-order valence-electron chi connectivity index (χ3n) is 2.11. The maximum absolute atomic E-state index is 11.1. The van der Waals surface area contributed by atoms with Crippen molar-refractivity contribution < 1.29 is 4.79 Å². The fraction of sp³-hybridized carbons (Fsp3) is 0.889. The van der Waals surface area contributed by atoms with Crippen molar-refractivity contribution in [2.45, 2.75) is 45.2 Å². The number of carbonyl (C=O) groups excluding carboxylic acids is 1. The van der Waals surface area contributed by atoms with E-state index in [-0.39, 0.29) is 11.9 Å². The van der Waals surface area contributed by atoms with Gasteiger partial charge in [-0.2, -0.15) is 0 Å². The van der Waals surface area contributed by atoms with Crippen molar-refractivity contribution in [3.8, 4) is 0 Å². The van der Waals surface area contributed by atoms with Crippen LogP contribution in [0.5, 0.6) is 0 Å². The van der Waals surface area contributed by atoms with Gasteiger partial charge in [0, 0.05) is 12.1 Å². The molecule has 3 heteroatoms. The van der Waals surface area contributed by atoms with E-state index in [1.807, 2.05) is 13.8 Å². The monoisotopic (exact) mass is 170 g/mol. The fourth-order valence-corrected chi connectivity index (χ4v) is 1.22. The molecule has 0 aromatic rings. The van der Waals surface area contributed by atoms with E-state index in [2.05, 4.69) is 10.6 Å². The molecule has 0 radical (unpaired) electrons. The second kappa shape index (κ2) is 4.45. The van der Waals surface area contributed by atoms with Crippen LogP contribution in [-0.4, -0.2) is 24.5 Å². The molecule has 0 atom stereocenters. The predicted octanol–water partition coefficient (Wildman–Crippen LogP) is 0.653. The summed E-state index contributed by atoms with van der Waals surface area (Å²) >= 11 is 0. The molecule has 0 aliphatic heterocycles. The zero-order valence-electron chi connectivity index (χ0n) is 7.89. The lowest BCUT2D eigenvalue weighted by Crippen LogP contribution is -2.43. The molecule has 1 aliphatic rings. The highest BCUT2D eigenvalue weighted by Crippen LogP contribution is 2.17. The first kappa shape index (κ1) is 9.52.